The molecule has 1 amide bonds. The number of hydrogen-bond acceptors (Lipinski definition) is 3. The third-order valence-corrected chi connectivity index (χ3v) is 7.39. The van der Waals surface area contributed by atoms with Crippen LogP contribution in [0.4, 0.5) is 0 Å². The Labute approximate surface area is 167 Å². The fourth-order valence-corrected chi connectivity index (χ4v) is 5.43. The molecule has 28 heavy (non-hydrogen) atoms. The molecule has 0 spiro atoms. The molecule has 0 saturated carbocycles. The number of fused-ring (bicyclic) bond motifs is 1. The van der Waals surface area contributed by atoms with Gasteiger partial charge in [0, 0.05) is 13.6 Å². The lowest BCUT2D eigenvalue weighted by molar-refractivity contribution is -0.124. The van der Waals surface area contributed by atoms with Gasteiger partial charge in [-0.1, -0.05) is 57.2 Å². The van der Waals surface area contributed by atoms with E-state index in [-0.39, 0.29) is 22.8 Å². The van der Waals surface area contributed by atoms with Gasteiger partial charge in [0.05, 0.1) is 4.90 Å². The van der Waals surface area contributed by atoms with Crippen molar-refractivity contribution in [3.05, 3.63) is 64.7 Å². The summed E-state index contributed by atoms with van der Waals surface area (Å²) in [5.74, 6) is -0.289. The summed E-state index contributed by atoms with van der Waals surface area (Å²) in [6.45, 7) is 8.15. The van der Waals surface area contributed by atoms with Crippen LogP contribution in [0.1, 0.15) is 43.0 Å². The maximum absolute atomic E-state index is 13.7. The van der Waals surface area contributed by atoms with Crippen molar-refractivity contribution in [2.75, 3.05) is 7.05 Å². The number of carbonyl (C=O) groups is 1. The molecule has 0 fully saturated rings. The number of benzene rings is 2. The molecule has 1 N–H and O–H groups in total. The van der Waals surface area contributed by atoms with E-state index in [2.05, 4.69) is 26.1 Å². The third kappa shape index (κ3) is 3.71. The van der Waals surface area contributed by atoms with Gasteiger partial charge in [0.1, 0.15) is 6.04 Å². The van der Waals surface area contributed by atoms with Crippen molar-refractivity contribution in [2.24, 2.45) is 0 Å². The first kappa shape index (κ1) is 20.6. The van der Waals surface area contributed by atoms with E-state index in [0.717, 1.165) is 16.7 Å². The van der Waals surface area contributed by atoms with Crippen LogP contribution >= 0.6 is 0 Å². The van der Waals surface area contributed by atoms with Crippen LogP contribution < -0.4 is 5.32 Å². The Morgan fingerprint density at radius 2 is 1.75 bits per heavy atom. The Morgan fingerprint density at radius 3 is 2.36 bits per heavy atom. The van der Waals surface area contributed by atoms with E-state index in [1.807, 2.05) is 36.4 Å². The van der Waals surface area contributed by atoms with Crippen LogP contribution in [-0.2, 0) is 33.2 Å². The molecule has 1 atom stereocenters. The zero-order chi connectivity index (χ0) is 20.7. The summed E-state index contributed by atoms with van der Waals surface area (Å²) in [4.78, 5) is 12.8. The minimum Gasteiger partial charge on any atom is -0.358 e. The van der Waals surface area contributed by atoms with Gasteiger partial charge in [-0.2, -0.15) is 4.31 Å². The van der Waals surface area contributed by atoms with Crippen LogP contribution in [0.2, 0.25) is 0 Å². The van der Waals surface area contributed by atoms with Gasteiger partial charge >= 0.3 is 0 Å². The second-order valence-corrected chi connectivity index (χ2v) is 10.2. The van der Waals surface area contributed by atoms with E-state index >= 15 is 0 Å². The van der Waals surface area contributed by atoms with E-state index in [0.29, 0.717) is 12.0 Å². The molecule has 0 aliphatic carbocycles. The van der Waals surface area contributed by atoms with Crippen LogP contribution in [0.15, 0.2) is 47.4 Å². The highest BCUT2D eigenvalue weighted by Gasteiger charge is 2.40. The van der Waals surface area contributed by atoms with Crippen LogP contribution in [0, 0.1) is 6.92 Å². The van der Waals surface area contributed by atoms with Gasteiger partial charge in [-0.05, 0) is 47.1 Å². The van der Waals surface area contributed by atoms with Gasteiger partial charge in [0.15, 0.2) is 0 Å². The molecule has 150 valence electrons. The van der Waals surface area contributed by atoms with E-state index in [9.17, 15) is 13.2 Å². The molecule has 0 bridgehead atoms. The van der Waals surface area contributed by atoms with Crippen molar-refractivity contribution in [3.8, 4) is 0 Å². The van der Waals surface area contributed by atoms with Gasteiger partial charge in [-0.15, -0.1) is 0 Å². The van der Waals surface area contributed by atoms with E-state index in [4.69, 9.17) is 0 Å². The van der Waals surface area contributed by atoms with Crippen LogP contribution in [0.3, 0.4) is 0 Å². The normalized spacial score (nSPS) is 17.8. The zero-order valence-corrected chi connectivity index (χ0v) is 17.9. The molecule has 1 unspecified atom stereocenters. The average molecular weight is 401 g/mol. The molecular formula is C22H28N2O3S. The SMILES string of the molecule is CNC(=O)C1Cc2ccccc2CN1S(=O)(=O)c1cc(C(C)(C)C)ccc1C. The molecular weight excluding hydrogens is 372 g/mol. The first-order chi connectivity index (χ1) is 13.1. The Morgan fingerprint density at radius 1 is 1.11 bits per heavy atom. The molecule has 2 aromatic carbocycles. The summed E-state index contributed by atoms with van der Waals surface area (Å²) in [6.07, 6.45) is 0.368. The van der Waals surface area contributed by atoms with Gasteiger partial charge in [0.2, 0.25) is 15.9 Å². The predicted octanol–water partition coefficient (Wildman–Crippen LogP) is 3.15. The van der Waals surface area contributed by atoms with Crippen molar-refractivity contribution in [2.45, 2.75) is 57.0 Å². The summed E-state index contributed by atoms with van der Waals surface area (Å²) in [7, 11) is -2.31. The highest BCUT2D eigenvalue weighted by Crippen LogP contribution is 2.33. The van der Waals surface area contributed by atoms with E-state index < -0.39 is 16.1 Å². The molecule has 6 heteroatoms. The number of nitrogens with one attached hydrogen (secondary N) is 1. The van der Waals surface area contributed by atoms with Crippen molar-refractivity contribution in [1.29, 1.82) is 0 Å². The number of rotatable bonds is 3. The van der Waals surface area contributed by atoms with Crippen LogP contribution in [0.25, 0.3) is 0 Å². The van der Waals surface area contributed by atoms with Crippen molar-refractivity contribution < 1.29 is 13.2 Å². The number of hydrogen-bond donors (Lipinski definition) is 1. The van der Waals surface area contributed by atoms with Crippen LogP contribution in [0.5, 0.6) is 0 Å². The number of aryl methyl sites for hydroxylation is 1. The molecule has 0 saturated heterocycles. The quantitative estimate of drug-likeness (QED) is 0.861. The number of carbonyl (C=O) groups excluding carboxylic acids is 1. The van der Waals surface area contributed by atoms with E-state index in [1.54, 1.807) is 20.0 Å². The highest BCUT2D eigenvalue weighted by atomic mass is 32.2. The van der Waals surface area contributed by atoms with Crippen molar-refractivity contribution in [3.63, 3.8) is 0 Å². The number of sulfonamides is 1. The smallest absolute Gasteiger partial charge is 0.244 e. The van der Waals surface area contributed by atoms with Gasteiger partial charge < -0.3 is 5.32 Å². The van der Waals surface area contributed by atoms with Crippen molar-refractivity contribution in [1.82, 2.24) is 9.62 Å². The third-order valence-electron chi connectivity index (χ3n) is 5.40. The van der Waals surface area contributed by atoms with Crippen molar-refractivity contribution >= 4 is 15.9 Å². The van der Waals surface area contributed by atoms with Gasteiger partial charge in [-0.3, -0.25) is 4.79 Å². The standard InChI is InChI=1S/C22H28N2O3S/c1-15-10-11-18(22(2,3)4)13-20(15)28(26,27)24-14-17-9-7-6-8-16(17)12-19(24)21(25)23-5/h6-11,13,19H,12,14H2,1-5H3,(H,23,25). The molecule has 5 nitrogen and oxygen atoms in total. The zero-order valence-electron chi connectivity index (χ0n) is 17.1. The summed E-state index contributed by atoms with van der Waals surface area (Å²) >= 11 is 0. The minimum absolute atomic E-state index is 0.174. The minimum atomic E-state index is -3.85. The van der Waals surface area contributed by atoms with Gasteiger partial charge in [0.25, 0.3) is 0 Å². The Bertz CT molecular complexity index is 1010. The Hall–Kier alpha value is -2.18. The maximum Gasteiger partial charge on any atom is 0.244 e. The maximum atomic E-state index is 13.7. The number of likely N-dealkylation sites (N-methyl/N-ethyl adjacent to an activating group) is 1. The van der Waals surface area contributed by atoms with E-state index in [1.165, 1.54) is 4.31 Å². The summed E-state index contributed by atoms with van der Waals surface area (Å²) < 4.78 is 28.7. The second-order valence-electron chi connectivity index (χ2n) is 8.38. The monoisotopic (exact) mass is 400 g/mol. The Kier molecular flexibility index (Phi) is 5.38. The lowest BCUT2D eigenvalue weighted by Gasteiger charge is -2.35. The summed E-state index contributed by atoms with van der Waals surface area (Å²) in [5, 5.41) is 2.62. The van der Waals surface area contributed by atoms with Gasteiger partial charge in [-0.25, -0.2) is 8.42 Å². The predicted molar refractivity (Wildman–Crippen MR) is 111 cm³/mol. The highest BCUT2D eigenvalue weighted by molar-refractivity contribution is 7.89. The second kappa shape index (κ2) is 7.33. The molecule has 1 aliphatic heterocycles. The molecule has 0 radical (unpaired) electrons. The largest absolute Gasteiger partial charge is 0.358 e. The molecule has 1 aliphatic rings. The average Bonchev–Trinajstić information content (AvgIpc) is 2.65. The number of amides is 1. The molecule has 0 aromatic heterocycles. The summed E-state index contributed by atoms with van der Waals surface area (Å²) in [5.41, 5.74) is 3.42. The number of nitrogens with zero attached hydrogens (tertiary/aromatic N) is 1. The summed E-state index contributed by atoms with van der Waals surface area (Å²) in [6, 6.07) is 12.5. The molecule has 3 rings (SSSR count). The first-order valence-corrected chi connectivity index (χ1v) is 10.9. The van der Waals surface area contributed by atoms with Crippen LogP contribution in [-0.4, -0.2) is 31.7 Å². The first-order valence-electron chi connectivity index (χ1n) is 9.47. The molecule has 1 heterocycles. The molecule has 2 aromatic rings. The lowest BCUT2D eigenvalue weighted by Crippen LogP contribution is -2.51. The Balaban J connectivity index is 2.13. The lowest BCUT2D eigenvalue weighted by atomic mass is 9.87. The fraction of sp³-hybridized carbons (Fsp3) is 0.409. The fourth-order valence-electron chi connectivity index (χ4n) is 3.61. The topological polar surface area (TPSA) is 66.5 Å².